The summed E-state index contributed by atoms with van der Waals surface area (Å²) in [5.74, 6) is 0.366. The fourth-order valence-electron chi connectivity index (χ4n) is 3.70. The number of rotatable bonds is 5. The number of halogens is 1. The molecule has 4 amide bonds. The number of hydrogen-bond donors (Lipinski definition) is 2. The van der Waals surface area contributed by atoms with Crippen LogP contribution < -0.4 is 20.3 Å². The van der Waals surface area contributed by atoms with E-state index in [4.69, 9.17) is 16.3 Å². The first-order chi connectivity index (χ1) is 13.4. The van der Waals surface area contributed by atoms with Crippen LogP contribution in [0.25, 0.3) is 0 Å². The van der Waals surface area contributed by atoms with Crippen molar-refractivity contribution in [2.75, 3.05) is 31.6 Å². The standard InChI is InChI=1S/C19H25ClN4O4/c1-12-11-23(18(26)6-3-13-9-17(25)22-19(27)21-13)7-8-24(12)14-4-5-15(20)16(10-14)28-2/h4-5,10,12-13H,3,6-9,11H2,1-2H3,(H2,21,22,25,27)/t12-,13?/m0/s1. The Kier molecular flexibility index (Phi) is 6.28. The van der Waals surface area contributed by atoms with Crippen molar-refractivity contribution in [3.8, 4) is 5.75 Å². The van der Waals surface area contributed by atoms with Gasteiger partial charge < -0.3 is 19.9 Å². The number of amides is 4. The third-order valence-corrected chi connectivity index (χ3v) is 5.49. The van der Waals surface area contributed by atoms with Gasteiger partial charge in [-0.25, -0.2) is 4.79 Å². The second-order valence-electron chi connectivity index (χ2n) is 7.16. The van der Waals surface area contributed by atoms with Gasteiger partial charge in [-0.05, 0) is 25.5 Å². The molecule has 0 spiro atoms. The van der Waals surface area contributed by atoms with Gasteiger partial charge in [0.15, 0.2) is 0 Å². The third-order valence-electron chi connectivity index (χ3n) is 5.17. The zero-order valence-corrected chi connectivity index (χ0v) is 16.8. The average Bonchev–Trinajstić information content (AvgIpc) is 2.66. The Morgan fingerprint density at radius 2 is 2.11 bits per heavy atom. The quantitative estimate of drug-likeness (QED) is 0.774. The minimum Gasteiger partial charge on any atom is -0.495 e. The number of piperazine rings is 1. The van der Waals surface area contributed by atoms with Crippen molar-refractivity contribution in [3.05, 3.63) is 23.2 Å². The van der Waals surface area contributed by atoms with E-state index in [-0.39, 0.29) is 30.3 Å². The molecule has 0 bridgehead atoms. The van der Waals surface area contributed by atoms with Crippen molar-refractivity contribution in [3.63, 3.8) is 0 Å². The molecule has 2 fully saturated rings. The van der Waals surface area contributed by atoms with E-state index in [2.05, 4.69) is 22.5 Å². The van der Waals surface area contributed by atoms with Crippen LogP contribution in [0.1, 0.15) is 26.2 Å². The van der Waals surface area contributed by atoms with Crippen LogP contribution in [0.3, 0.4) is 0 Å². The van der Waals surface area contributed by atoms with E-state index in [1.807, 2.05) is 23.1 Å². The van der Waals surface area contributed by atoms with E-state index in [1.165, 1.54) is 0 Å². The molecular weight excluding hydrogens is 384 g/mol. The highest BCUT2D eigenvalue weighted by molar-refractivity contribution is 6.32. The van der Waals surface area contributed by atoms with Gasteiger partial charge >= 0.3 is 6.03 Å². The molecule has 2 N–H and O–H groups in total. The molecule has 0 aliphatic carbocycles. The van der Waals surface area contributed by atoms with Gasteiger partial charge in [0, 0.05) is 56.3 Å². The Labute approximate surface area is 169 Å². The Bertz CT molecular complexity index is 756. The topological polar surface area (TPSA) is 91.0 Å². The summed E-state index contributed by atoms with van der Waals surface area (Å²) in [7, 11) is 1.59. The molecule has 28 heavy (non-hydrogen) atoms. The second-order valence-corrected chi connectivity index (χ2v) is 7.57. The first kappa shape index (κ1) is 20.3. The molecule has 1 aromatic rings. The molecule has 3 rings (SSSR count). The maximum Gasteiger partial charge on any atom is 0.321 e. The predicted molar refractivity (Wildman–Crippen MR) is 106 cm³/mol. The van der Waals surface area contributed by atoms with Crippen LogP contribution in [0.4, 0.5) is 10.5 Å². The number of carbonyl (C=O) groups excluding carboxylic acids is 3. The molecule has 2 atom stereocenters. The summed E-state index contributed by atoms with van der Waals surface area (Å²) in [6.45, 7) is 4.01. The zero-order chi connectivity index (χ0) is 20.3. The van der Waals surface area contributed by atoms with Crippen LogP contribution in [-0.4, -0.2) is 61.6 Å². The molecule has 8 nitrogen and oxygen atoms in total. The Balaban J connectivity index is 1.54. The largest absolute Gasteiger partial charge is 0.495 e. The van der Waals surface area contributed by atoms with E-state index in [1.54, 1.807) is 7.11 Å². The Hall–Kier alpha value is -2.48. The minimum atomic E-state index is -0.491. The highest BCUT2D eigenvalue weighted by Gasteiger charge is 2.29. The van der Waals surface area contributed by atoms with Crippen molar-refractivity contribution < 1.29 is 19.1 Å². The third kappa shape index (κ3) is 4.67. The van der Waals surface area contributed by atoms with Crippen LogP contribution in [0.2, 0.25) is 5.02 Å². The summed E-state index contributed by atoms with van der Waals surface area (Å²) in [6.07, 6.45) is 0.974. The number of methoxy groups -OCH3 is 1. The van der Waals surface area contributed by atoms with Crippen LogP contribution in [0.15, 0.2) is 18.2 Å². The number of ether oxygens (including phenoxy) is 1. The maximum atomic E-state index is 12.6. The van der Waals surface area contributed by atoms with Crippen LogP contribution in [-0.2, 0) is 9.59 Å². The highest BCUT2D eigenvalue weighted by atomic mass is 35.5. The highest BCUT2D eigenvalue weighted by Crippen LogP contribution is 2.31. The molecule has 1 unspecified atom stereocenters. The average molecular weight is 409 g/mol. The minimum absolute atomic E-state index is 0.0421. The molecule has 0 radical (unpaired) electrons. The molecule has 0 saturated carbocycles. The number of benzene rings is 1. The summed E-state index contributed by atoms with van der Waals surface area (Å²) < 4.78 is 5.29. The van der Waals surface area contributed by atoms with Gasteiger partial charge in [-0.3, -0.25) is 14.9 Å². The monoisotopic (exact) mass is 408 g/mol. The number of imide groups is 1. The van der Waals surface area contributed by atoms with E-state index in [9.17, 15) is 14.4 Å². The lowest BCUT2D eigenvalue weighted by Gasteiger charge is -2.41. The number of urea groups is 1. The molecule has 2 saturated heterocycles. The van der Waals surface area contributed by atoms with Crippen molar-refractivity contribution >= 4 is 35.1 Å². The summed E-state index contributed by atoms with van der Waals surface area (Å²) in [4.78, 5) is 39.4. The van der Waals surface area contributed by atoms with Crippen LogP contribution >= 0.6 is 11.6 Å². The normalized spacial score (nSPS) is 22.5. The van der Waals surface area contributed by atoms with Gasteiger partial charge in [-0.1, -0.05) is 11.6 Å². The summed E-state index contributed by atoms with van der Waals surface area (Å²) in [5.41, 5.74) is 1.01. The maximum absolute atomic E-state index is 12.6. The van der Waals surface area contributed by atoms with E-state index in [0.717, 1.165) is 5.69 Å². The van der Waals surface area contributed by atoms with Gasteiger partial charge in [0.1, 0.15) is 5.75 Å². The number of nitrogens with zero attached hydrogens (tertiary/aromatic N) is 2. The first-order valence-electron chi connectivity index (χ1n) is 9.35. The number of nitrogens with one attached hydrogen (secondary N) is 2. The fourth-order valence-corrected chi connectivity index (χ4v) is 3.89. The number of carbonyl (C=O) groups is 3. The van der Waals surface area contributed by atoms with E-state index in [0.29, 0.717) is 43.2 Å². The summed E-state index contributed by atoms with van der Waals surface area (Å²) in [5, 5.41) is 5.44. The van der Waals surface area contributed by atoms with Crippen molar-refractivity contribution in [1.82, 2.24) is 15.5 Å². The molecule has 0 aromatic heterocycles. The molecule has 9 heteroatoms. The van der Waals surface area contributed by atoms with E-state index >= 15 is 0 Å². The van der Waals surface area contributed by atoms with Crippen molar-refractivity contribution in [2.24, 2.45) is 0 Å². The summed E-state index contributed by atoms with van der Waals surface area (Å²) >= 11 is 6.11. The number of anilines is 1. The Morgan fingerprint density at radius 3 is 2.79 bits per heavy atom. The van der Waals surface area contributed by atoms with Crippen molar-refractivity contribution in [2.45, 2.75) is 38.3 Å². The molecule has 2 aliphatic heterocycles. The molecular formula is C19H25ClN4O4. The summed E-state index contributed by atoms with van der Waals surface area (Å²) in [6, 6.07) is 5.04. The Morgan fingerprint density at radius 1 is 1.32 bits per heavy atom. The second kappa shape index (κ2) is 8.68. The van der Waals surface area contributed by atoms with Gasteiger partial charge in [0.25, 0.3) is 0 Å². The van der Waals surface area contributed by atoms with Gasteiger partial charge in [-0.2, -0.15) is 0 Å². The zero-order valence-electron chi connectivity index (χ0n) is 16.0. The lowest BCUT2D eigenvalue weighted by Crippen LogP contribution is -2.54. The van der Waals surface area contributed by atoms with Crippen LogP contribution in [0.5, 0.6) is 5.75 Å². The fraction of sp³-hybridized carbons (Fsp3) is 0.526. The van der Waals surface area contributed by atoms with E-state index < -0.39 is 6.03 Å². The van der Waals surface area contributed by atoms with Gasteiger partial charge in [-0.15, -0.1) is 0 Å². The lowest BCUT2D eigenvalue weighted by atomic mass is 10.0. The molecule has 2 aliphatic rings. The molecule has 2 heterocycles. The first-order valence-corrected chi connectivity index (χ1v) is 9.73. The number of hydrogen-bond acceptors (Lipinski definition) is 5. The SMILES string of the molecule is COc1cc(N2CCN(C(=O)CCC3CC(=O)NC(=O)N3)C[C@@H]2C)ccc1Cl. The molecule has 1 aromatic carbocycles. The predicted octanol–water partition coefficient (Wildman–Crippen LogP) is 1.76. The lowest BCUT2D eigenvalue weighted by molar-refractivity contribution is -0.132. The smallest absolute Gasteiger partial charge is 0.321 e. The van der Waals surface area contributed by atoms with Crippen LogP contribution in [0, 0.1) is 0 Å². The van der Waals surface area contributed by atoms with Crippen molar-refractivity contribution in [1.29, 1.82) is 0 Å². The van der Waals surface area contributed by atoms with Gasteiger partial charge in [0.05, 0.1) is 12.1 Å². The van der Waals surface area contributed by atoms with Gasteiger partial charge in [0.2, 0.25) is 11.8 Å². The molecule has 152 valence electrons.